The van der Waals surface area contributed by atoms with E-state index in [2.05, 4.69) is 5.32 Å². The predicted molar refractivity (Wildman–Crippen MR) is 33.3 cm³/mol. The molecule has 3 nitrogen and oxygen atoms in total. The summed E-state index contributed by atoms with van der Waals surface area (Å²) in [7, 11) is 1.82. The van der Waals surface area contributed by atoms with Crippen LogP contribution in [0.15, 0.2) is 0 Å². The minimum atomic E-state index is -0.707. The van der Waals surface area contributed by atoms with Crippen molar-refractivity contribution < 1.29 is 9.90 Å². The van der Waals surface area contributed by atoms with Gasteiger partial charge in [-0.25, -0.2) is 0 Å². The Bertz CT molecular complexity index is 129. The third kappa shape index (κ3) is 1.42. The Kier molecular flexibility index (Phi) is 1.45. The lowest BCUT2D eigenvalue weighted by atomic mass is 10.2. The minimum absolute atomic E-state index is 0.0359. The summed E-state index contributed by atoms with van der Waals surface area (Å²) < 4.78 is 0. The molecule has 0 aromatic carbocycles. The normalized spacial score (nSPS) is 21.4. The summed E-state index contributed by atoms with van der Waals surface area (Å²) in [6, 6.07) is 0. The second-order valence-electron chi connectivity index (χ2n) is 2.60. The number of nitrogens with one attached hydrogen (secondary N) is 1. The fourth-order valence-corrected chi connectivity index (χ4v) is 0.956. The zero-order valence-electron chi connectivity index (χ0n) is 5.48. The Labute approximate surface area is 54.1 Å². The molecule has 9 heavy (non-hydrogen) atoms. The lowest BCUT2D eigenvalue weighted by Crippen LogP contribution is -2.29. The molecule has 52 valence electrons. The van der Waals surface area contributed by atoms with Crippen LogP contribution in [-0.2, 0) is 4.79 Å². The van der Waals surface area contributed by atoms with Crippen LogP contribution >= 0.6 is 0 Å². The van der Waals surface area contributed by atoms with E-state index in [1.807, 2.05) is 7.05 Å². The van der Waals surface area contributed by atoms with E-state index >= 15 is 0 Å². The minimum Gasteiger partial charge on any atom is -0.481 e. The Morgan fingerprint density at radius 1 is 1.78 bits per heavy atom. The molecule has 3 heteroatoms. The van der Waals surface area contributed by atoms with Crippen LogP contribution in [0, 0.1) is 0 Å². The third-order valence-corrected chi connectivity index (χ3v) is 1.87. The molecule has 0 aromatic rings. The van der Waals surface area contributed by atoms with E-state index < -0.39 is 5.97 Å². The van der Waals surface area contributed by atoms with Gasteiger partial charge in [0.05, 0.1) is 6.42 Å². The standard InChI is InChI=1S/C6H11NO2/c1-7-6(2-3-6)4-5(8)9/h7H,2-4H2,1H3,(H,8,9). The van der Waals surface area contributed by atoms with Gasteiger partial charge in [-0.1, -0.05) is 0 Å². The highest BCUT2D eigenvalue weighted by Gasteiger charge is 2.42. The molecule has 1 aliphatic carbocycles. The third-order valence-electron chi connectivity index (χ3n) is 1.87. The highest BCUT2D eigenvalue weighted by atomic mass is 16.4. The van der Waals surface area contributed by atoms with Crippen molar-refractivity contribution in [2.24, 2.45) is 0 Å². The number of hydrogen-bond donors (Lipinski definition) is 2. The van der Waals surface area contributed by atoms with Crippen molar-refractivity contribution in [3.05, 3.63) is 0 Å². The first-order valence-electron chi connectivity index (χ1n) is 3.09. The average molecular weight is 129 g/mol. The van der Waals surface area contributed by atoms with Gasteiger partial charge >= 0.3 is 5.97 Å². The SMILES string of the molecule is CNC1(CC(=O)O)CC1. The van der Waals surface area contributed by atoms with Gasteiger partial charge < -0.3 is 10.4 Å². The van der Waals surface area contributed by atoms with E-state index in [1.54, 1.807) is 0 Å². The Morgan fingerprint density at radius 3 is 2.44 bits per heavy atom. The van der Waals surface area contributed by atoms with Crippen molar-refractivity contribution >= 4 is 5.97 Å². The Hall–Kier alpha value is -0.570. The number of carboxylic acids is 1. The summed E-state index contributed by atoms with van der Waals surface area (Å²) in [6.07, 6.45) is 2.29. The van der Waals surface area contributed by atoms with Crippen LogP contribution in [0.25, 0.3) is 0 Å². The molecule has 1 saturated carbocycles. The second kappa shape index (κ2) is 1.99. The van der Waals surface area contributed by atoms with Crippen LogP contribution in [0.2, 0.25) is 0 Å². The van der Waals surface area contributed by atoms with Crippen molar-refractivity contribution in [1.82, 2.24) is 5.32 Å². The van der Waals surface area contributed by atoms with Gasteiger partial charge in [0.1, 0.15) is 0 Å². The molecule has 0 atom stereocenters. The summed E-state index contributed by atoms with van der Waals surface area (Å²) in [6.45, 7) is 0. The van der Waals surface area contributed by atoms with E-state index in [0.29, 0.717) is 0 Å². The molecule has 2 N–H and O–H groups in total. The fraction of sp³-hybridized carbons (Fsp3) is 0.833. The molecule has 0 heterocycles. The largest absolute Gasteiger partial charge is 0.481 e. The molecule has 1 fully saturated rings. The summed E-state index contributed by atoms with van der Waals surface area (Å²) >= 11 is 0. The molecular formula is C6H11NO2. The summed E-state index contributed by atoms with van der Waals surface area (Å²) in [5, 5.41) is 11.4. The first kappa shape index (κ1) is 6.55. The van der Waals surface area contributed by atoms with Gasteiger partial charge in [-0.2, -0.15) is 0 Å². The summed E-state index contributed by atoms with van der Waals surface area (Å²) in [5.41, 5.74) is -0.0359. The molecule has 0 bridgehead atoms. The molecule has 0 aliphatic heterocycles. The van der Waals surface area contributed by atoms with Gasteiger partial charge in [0.15, 0.2) is 0 Å². The zero-order valence-corrected chi connectivity index (χ0v) is 5.48. The van der Waals surface area contributed by atoms with Crippen LogP contribution in [0.1, 0.15) is 19.3 Å². The van der Waals surface area contributed by atoms with Gasteiger partial charge in [0.2, 0.25) is 0 Å². The molecule has 1 rings (SSSR count). The van der Waals surface area contributed by atoms with E-state index in [-0.39, 0.29) is 12.0 Å². The Balaban J connectivity index is 2.33. The number of aliphatic carboxylic acids is 1. The molecule has 1 aliphatic rings. The van der Waals surface area contributed by atoms with Crippen LogP contribution < -0.4 is 5.32 Å². The maximum Gasteiger partial charge on any atom is 0.305 e. The number of hydrogen-bond acceptors (Lipinski definition) is 2. The predicted octanol–water partition coefficient (Wildman–Crippen LogP) is 0.213. The summed E-state index contributed by atoms with van der Waals surface area (Å²) in [5.74, 6) is -0.707. The molecule has 0 unspecified atom stereocenters. The first-order chi connectivity index (χ1) is 4.18. The molecule has 0 aromatic heterocycles. The van der Waals surface area contributed by atoms with Crippen molar-refractivity contribution in [2.75, 3.05) is 7.05 Å². The lowest BCUT2D eigenvalue weighted by Gasteiger charge is -2.08. The monoisotopic (exact) mass is 129 g/mol. The van der Waals surface area contributed by atoms with E-state index in [0.717, 1.165) is 12.8 Å². The summed E-state index contributed by atoms with van der Waals surface area (Å²) in [4.78, 5) is 10.2. The Morgan fingerprint density at radius 2 is 2.33 bits per heavy atom. The molecule has 0 radical (unpaired) electrons. The highest BCUT2D eigenvalue weighted by molar-refractivity contribution is 5.69. The molecule has 0 spiro atoms. The van der Waals surface area contributed by atoms with Crippen molar-refractivity contribution in [3.63, 3.8) is 0 Å². The topological polar surface area (TPSA) is 49.3 Å². The van der Waals surface area contributed by atoms with E-state index in [4.69, 9.17) is 5.11 Å². The number of carbonyl (C=O) groups is 1. The second-order valence-corrected chi connectivity index (χ2v) is 2.60. The van der Waals surface area contributed by atoms with Crippen LogP contribution in [0.4, 0.5) is 0 Å². The van der Waals surface area contributed by atoms with Crippen molar-refractivity contribution in [1.29, 1.82) is 0 Å². The molecule has 0 saturated heterocycles. The first-order valence-corrected chi connectivity index (χ1v) is 3.09. The zero-order chi connectivity index (χ0) is 6.91. The van der Waals surface area contributed by atoms with Gasteiger partial charge in [0.25, 0.3) is 0 Å². The van der Waals surface area contributed by atoms with E-state index in [1.165, 1.54) is 0 Å². The molecule has 0 amide bonds. The van der Waals surface area contributed by atoms with Gasteiger partial charge in [-0.3, -0.25) is 4.79 Å². The van der Waals surface area contributed by atoms with Crippen LogP contribution in [-0.4, -0.2) is 23.7 Å². The van der Waals surface area contributed by atoms with Crippen molar-refractivity contribution in [3.8, 4) is 0 Å². The van der Waals surface area contributed by atoms with Gasteiger partial charge in [0, 0.05) is 5.54 Å². The number of carboxylic acid groups (broad SMARTS) is 1. The quantitative estimate of drug-likeness (QED) is 0.572. The maximum absolute atomic E-state index is 10.2. The fourth-order valence-electron chi connectivity index (χ4n) is 0.956. The van der Waals surface area contributed by atoms with E-state index in [9.17, 15) is 4.79 Å². The van der Waals surface area contributed by atoms with Gasteiger partial charge in [-0.15, -0.1) is 0 Å². The molecular weight excluding hydrogens is 118 g/mol. The smallest absolute Gasteiger partial charge is 0.305 e. The van der Waals surface area contributed by atoms with Crippen LogP contribution in [0.5, 0.6) is 0 Å². The number of rotatable bonds is 3. The van der Waals surface area contributed by atoms with Crippen molar-refractivity contribution in [2.45, 2.75) is 24.8 Å². The highest BCUT2D eigenvalue weighted by Crippen LogP contribution is 2.37. The maximum atomic E-state index is 10.2. The van der Waals surface area contributed by atoms with Crippen LogP contribution in [0.3, 0.4) is 0 Å². The average Bonchev–Trinajstić information content (AvgIpc) is 2.48. The van der Waals surface area contributed by atoms with Gasteiger partial charge in [-0.05, 0) is 19.9 Å². The lowest BCUT2D eigenvalue weighted by molar-refractivity contribution is -0.137.